The number of halogens is 1. The third-order valence-corrected chi connectivity index (χ3v) is 4.84. The molecule has 2 aromatic rings. The molecule has 6 heteroatoms. The number of anilines is 1. The van der Waals surface area contributed by atoms with E-state index in [4.69, 9.17) is 4.74 Å². The molecule has 1 amide bonds. The van der Waals surface area contributed by atoms with Crippen LogP contribution in [-0.4, -0.2) is 24.3 Å². The minimum absolute atomic E-state index is 0.0180. The second-order valence-electron chi connectivity index (χ2n) is 7.47. The Hall–Kier alpha value is -2.22. The first-order chi connectivity index (χ1) is 13.1. The van der Waals surface area contributed by atoms with Gasteiger partial charge in [0.05, 0.1) is 6.42 Å². The molecule has 0 bridgehead atoms. The van der Waals surface area contributed by atoms with Crippen LogP contribution in [0, 0.1) is 3.57 Å². The van der Waals surface area contributed by atoms with Crippen LogP contribution >= 0.6 is 22.6 Å². The SMILES string of the molecule is CC(C)(C)c1ccc(C(=O)CCC(=O)OCC(=O)Nc2ccc(I)cc2)cc1. The summed E-state index contributed by atoms with van der Waals surface area (Å²) in [4.78, 5) is 35.9. The van der Waals surface area contributed by atoms with E-state index in [1.807, 2.05) is 24.3 Å². The van der Waals surface area contributed by atoms with Gasteiger partial charge in [0.2, 0.25) is 0 Å². The monoisotopic (exact) mass is 493 g/mol. The number of ketones is 1. The second-order valence-corrected chi connectivity index (χ2v) is 8.71. The number of Topliss-reactive ketones (excluding diaryl/α,β-unsaturated/α-hetero) is 1. The van der Waals surface area contributed by atoms with Gasteiger partial charge in [-0.15, -0.1) is 0 Å². The molecule has 2 rings (SSSR count). The van der Waals surface area contributed by atoms with Crippen molar-refractivity contribution in [3.05, 3.63) is 63.2 Å². The fourth-order valence-electron chi connectivity index (χ4n) is 2.46. The maximum atomic E-state index is 12.2. The zero-order valence-corrected chi connectivity index (χ0v) is 18.4. The molecule has 0 saturated carbocycles. The minimum atomic E-state index is -0.572. The van der Waals surface area contributed by atoms with Gasteiger partial charge >= 0.3 is 5.97 Å². The molecule has 0 saturated heterocycles. The van der Waals surface area contributed by atoms with E-state index in [0.717, 1.165) is 9.13 Å². The van der Waals surface area contributed by atoms with E-state index in [2.05, 4.69) is 48.7 Å². The maximum Gasteiger partial charge on any atom is 0.306 e. The molecule has 0 aliphatic carbocycles. The molecule has 1 N–H and O–H groups in total. The zero-order chi connectivity index (χ0) is 20.7. The average molecular weight is 493 g/mol. The third kappa shape index (κ3) is 7.07. The average Bonchev–Trinajstić information content (AvgIpc) is 2.65. The Labute approximate surface area is 179 Å². The standard InChI is InChI=1S/C22H24INO4/c1-22(2,3)16-6-4-15(5-7-16)19(25)12-13-21(27)28-14-20(26)24-18-10-8-17(23)9-11-18/h4-11H,12-14H2,1-3H3,(H,24,26). The van der Waals surface area contributed by atoms with Gasteiger partial charge in [0.25, 0.3) is 5.91 Å². The van der Waals surface area contributed by atoms with Gasteiger partial charge in [-0.05, 0) is 57.8 Å². The van der Waals surface area contributed by atoms with Crippen LogP contribution in [0.1, 0.15) is 49.5 Å². The van der Waals surface area contributed by atoms with Crippen LogP contribution < -0.4 is 5.32 Å². The summed E-state index contributed by atoms with van der Waals surface area (Å²) in [6.45, 7) is 5.94. The van der Waals surface area contributed by atoms with E-state index >= 15 is 0 Å². The molecule has 0 unspecified atom stereocenters. The van der Waals surface area contributed by atoms with Crippen LogP contribution in [0.25, 0.3) is 0 Å². The van der Waals surface area contributed by atoms with Crippen LogP contribution in [0.3, 0.4) is 0 Å². The molecular formula is C22H24INO4. The van der Waals surface area contributed by atoms with Crippen molar-refractivity contribution in [2.45, 2.75) is 39.0 Å². The van der Waals surface area contributed by atoms with Crippen molar-refractivity contribution in [2.24, 2.45) is 0 Å². The van der Waals surface area contributed by atoms with E-state index in [0.29, 0.717) is 11.3 Å². The number of rotatable bonds is 7. The van der Waals surface area contributed by atoms with Crippen molar-refractivity contribution >= 4 is 45.9 Å². The number of ether oxygens (including phenoxy) is 1. The Bertz CT molecular complexity index is 836. The summed E-state index contributed by atoms with van der Waals surface area (Å²) in [7, 11) is 0. The van der Waals surface area contributed by atoms with Gasteiger partial charge in [-0.1, -0.05) is 45.0 Å². The number of nitrogens with one attached hydrogen (secondary N) is 1. The van der Waals surface area contributed by atoms with Crippen molar-refractivity contribution in [1.29, 1.82) is 0 Å². The second kappa shape index (κ2) is 9.82. The lowest BCUT2D eigenvalue weighted by Gasteiger charge is -2.18. The summed E-state index contributed by atoms with van der Waals surface area (Å²) in [5, 5.41) is 2.65. The molecule has 0 atom stereocenters. The van der Waals surface area contributed by atoms with Gasteiger partial charge in [0.1, 0.15) is 0 Å². The summed E-state index contributed by atoms with van der Waals surface area (Å²) in [6.07, 6.45) is -0.0108. The molecule has 0 aromatic heterocycles. The predicted molar refractivity (Wildman–Crippen MR) is 117 cm³/mol. The summed E-state index contributed by atoms with van der Waals surface area (Å²) < 4.78 is 6.00. The number of carbonyl (C=O) groups excluding carboxylic acids is 3. The summed E-state index contributed by atoms with van der Waals surface area (Å²) >= 11 is 2.17. The van der Waals surface area contributed by atoms with Gasteiger partial charge in [0, 0.05) is 21.2 Å². The fourth-order valence-corrected chi connectivity index (χ4v) is 2.82. The Balaban J connectivity index is 1.74. The quantitative estimate of drug-likeness (QED) is 0.344. The first-order valence-corrected chi connectivity index (χ1v) is 10.1. The van der Waals surface area contributed by atoms with Gasteiger partial charge in [-0.3, -0.25) is 14.4 Å². The van der Waals surface area contributed by atoms with Crippen molar-refractivity contribution in [3.8, 4) is 0 Å². The lowest BCUT2D eigenvalue weighted by atomic mass is 9.86. The van der Waals surface area contributed by atoms with Crippen LogP contribution in [0.4, 0.5) is 5.69 Å². The number of hydrogen-bond acceptors (Lipinski definition) is 4. The number of benzene rings is 2. The first kappa shape index (κ1) is 22.1. The van der Waals surface area contributed by atoms with Crippen molar-refractivity contribution in [1.82, 2.24) is 0 Å². The maximum absolute atomic E-state index is 12.2. The highest BCUT2D eigenvalue weighted by molar-refractivity contribution is 14.1. The highest BCUT2D eigenvalue weighted by Crippen LogP contribution is 2.22. The number of esters is 1. The zero-order valence-electron chi connectivity index (χ0n) is 16.3. The van der Waals surface area contributed by atoms with Crippen LogP contribution in [0.2, 0.25) is 0 Å². The molecule has 0 aliphatic rings. The number of hydrogen-bond donors (Lipinski definition) is 1. The fraction of sp³-hybridized carbons (Fsp3) is 0.318. The highest BCUT2D eigenvalue weighted by atomic mass is 127. The summed E-state index contributed by atoms with van der Waals surface area (Å²) in [5.41, 5.74) is 2.36. The molecule has 148 valence electrons. The molecule has 0 heterocycles. The van der Waals surface area contributed by atoms with Gasteiger partial charge < -0.3 is 10.1 Å². The molecule has 28 heavy (non-hydrogen) atoms. The van der Waals surface area contributed by atoms with E-state index in [9.17, 15) is 14.4 Å². The Kier molecular flexibility index (Phi) is 7.74. The number of carbonyl (C=O) groups is 3. The van der Waals surface area contributed by atoms with Crippen molar-refractivity contribution < 1.29 is 19.1 Å². The highest BCUT2D eigenvalue weighted by Gasteiger charge is 2.15. The summed E-state index contributed by atoms with van der Waals surface area (Å²) in [5.74, 6) is -1.11. The van der Waals surface area contributed by atoms with Gasteiger partial charge in [-0.25, -0.2) is 0 Å². The molecule has 0 aliphatic heterocycles. The largest absolute Gasteiger partial charge is 0.456 e. The lowest BCUT2D eigenvalue weighted by Crippen LogP contribution is -2.21. The molecule has 5 nitrogen and oxygen atoms in total. The van der Waals surface area contributed by atoms with E-state index in [-0.39, 0.29) is 30.6 Å². The van der Waals surface area contributed by atoms with E-state index in [1.165, 1.54) is 0 Å². The van der Waals surface area contributed by atoms with Crippen LogP contribution in [0.15, 0.2) is 48.5 Å². The Morgan fingerprint density at radius 2 is 1.54 bits per heavy atom. The Morgan fingerprint density at radius 1 is 0.929 bits per heavy atom. The third-order valence-electron chi connectivity index (χ3n) is 4.12. The topological polar surface area (TPSA) is 72.5 Å². The molecule has 0 fully saturated rings. The van der Waals surface area contributed by atoms with Crippen molar-refractivity contribution in [2.75, 3.05) is 11.9 Å². The van der Waals surface area contributed by atoms with E-state index < -0.39 is 11.9 Å². The first-order valence-electron chi connectivity index (χ1n) is 9.00. The molecule has 0 spiro atoms. The smallest absolute Gasteiger partial charge is 0.306 e. The molecule has 2 aromatic carbocycles. The lowest BCUT2D eigenvalue weighted by molar-refractivity contribution is -0.147. The van der Waals surface area contributed by atoms with Crippen LogP contribution in [-0.2, 0) is 19.7 Å². The molecule has 0 radical (unpaired) electrons. The van der Waals surface area contributed by atoms with Crippen LogP contribution in [0.5, 0.6) is 0 Å². The van der Waals surface area contributed by atoms with Gasteiger partial charge in [0.15, 0.2) is 12.4 Å². The normalized spacial score (nSPS) is 11.0. The molecular weight excluding hydrogens is 469 g/mol. The Morgan fingerprint density at radius 3 is 2.11 bits per heavy atom. The predicted octanol–water partition coefficient (Wildman–Crippen LogP) is 4.73. The number of amides is 1. The van der Waals surface area contributed by atoms with Crippen molar-refractivity contribution in [3.63, 3.8) is 0 Å². The van der Waals surface area contributed by atoms with E-state index in [1.54, 1.807) is 24.3 Å². The van der Waals surface area contributed by atoms with Gasteiger partial charge in [-0.2, -0.15) is 0 Å². The summed E-state index contributed by atoms with van der Waals surface area (Å²) in [6, 6.07) is 14.7. The minimum Gasteiger partial charge on any atom is -0.456 e.